The van der Waals surface area contributed by atoms with Gasteiger partial charge in [-0.1, -0.05) is 17.0 Å². The first-order valence-electron chi connectivity index (χ1n) is 9.30. The van der Waals surface area contributed by atoms with Gasteiger partial charge in [0.05, 0.1) is 24.8 Å². The normalized spacial score (nSPS) is 23.1. The molecule has 2 heterocycles. The third-order valence-electron chi connectivity index (χ3n) is 4.02. The van der Waals surface area contributed by atoms with E-state index in [1.165, 1.54) is 6.20 Å². The second-order valence-corrected chi connectivity index (χ2v) is 11.0. The molecule has 1 fully saturated rings. The van der Waals surface area contributed by atoms with E-state index in [9.17, 15) is 28.3 Å². The largest absolute Gasteiger partial charge is 0.490 e. The molecule has 36 heavy (non-hydrogen) atoms. The van der Waals surface area contributed by atoms with Crippen molar-refractivity contribution >= 4 is 29.3 Å². The Morgan fingerprint density at radius 3 is 2.58 bits per heavy atom. The minimum Gasteiger partial charge on any atom is -0.382 e. The van der Waals surface area contributed by atoms with Crippen LogP contribution in [0.15, 0.2) is 16.1 Å². The number of hydrogen-bond donors (Lipinski definition) is 6. The van der Waals surface area contributed by atoms with Crippen molar-refractivity contribution in [3.05, 3.63) is 32.7 Å². The fraction of sp³-hybridized carbons (Fsp3) is 0.538. The third kappa shape index (κ3) is 9.37. The zero-order valence-corrected chi connectivity index (χ0v) is 20.5. The minimum atomic E-state index is -5.74. The topological polar surface area (TPSA) is 314 Å². The van der Waals surface area contributed by atoms with Gasteiger partial charge >= 0.3 is 29.2 Å². The number of ether oxygens (including phenoxy) is 2. The highest BCUT2D eigenvalue weighted by atomic mass is 31.3. The molecule has 1 aliphatic heterocycles. The highest BCUT2D eigenvalue weighted by Crippen LogP contribution is 2.66. The van der Waals surface area contributed by atoms with Crippen LogP contribution < -0.4 is 17.2 Å². The summed E-state index contributed by atoms with van der Waals surface area (Å²) < 4.78 is 58.0. The summed E-state index contributed by atoms with van der Waals surface area (Å²) in [5.41, 5.74) is 18.7. The maximum atomic E-state index is 12.4. The number of azide groups is 1. The van der Waals surface area contributed by atoms with E-state index in [0.29, 0.717) is 0 Å². The highest BCUT2D eigenvalue weighted by Gasteiger charge is 2.43. The van der Waals surface area contributed by atoms with Crippen molar-refractivity contribution in [2.45, 2.75) is 24.9 Å². The van der Waals surface area contributed by atoms with Crippen LogP contribution in [0.25, 0.3) is 10.4 Å². The Morgan fingerprint density at radius 1 is 1.28 bits per heavy atom. The molecule has 0 bridgehead atoms. The van der Waals surface area contributed by atoms with Crippen LogP contribution in [-0.2, 0) is 36.3 Å². The predicted octanol–water partition coefficient (Wildman–Crippen LogP) is -0.580. The lowest BCUT2D eigenvalue weighted by atomic mass is 10.2. The van der Waals surface area contributed by atoms with Gasteiger partial charge in [-0.05, 0) is 5.53 Å². The summed E-state index contributed by atoms with van der Waals surface area (Å²) in [4.78, 5) is 54.5. The van der Waals surface area contributed by atoms with Gasteiger partial charge in [-0.15, -0.1) is 0 Å². The summed E-state index contributed by atoms with van der Waals surface area (Å²) in [5, 5.41) is 3.18. The zero-order valence-electron chi connectivity index (χ0n) is 17.8. The van der Waals surface area contributed by atoms with Gasteiger partial charge in [0, 0.05) is 17.5 Å². The SMILES string of the molecule is [N-]=[N+]=NCOC1CC(n2cc(C#CCN)c(N)nc2=O)OC1COP(=O)(O)OP(=O)(O)OP(=O)(O)O. The van der Waals surface area contributed by atoms with Crippen LogP contribution in [0.1, 0.15) is 18.2 Å². The lowest BCUT2D eigenvalue weighted by Crippen LogP contribution is -2.29. The van der Waals surface area contributed by atoms with Gasteiger partial charge in [-0.2, -0.15) is 13.6 Å². The molecule has 0 saturated carbocycles. The molecule has 0 amide bonds. The van der Waals surface area contributed by atoms with Crippen LogP contribution in [-0.4, -0.2) is 61.2 Å². The maximum absolute atomic E-state index is 12.4. The van der Waals surface area contributed by atoms with E-state index >= 15 is 0 Å². The molecule has 5 unspecified atom stereocenters. The second-order valence-electron chi connectivity index (χ2n) is 6.55. The van der Waals surface area contributed by atoms with E-state index in [0.717, 1.165) is 4.57 Å². The fourth-order valence-corrected chi connectivity index (χ4v) is 5.78. The average molecular weight is 575 g/mol. The Hall–Kier alpha value is -2.16. The van der Waals surface area contributed by atoms with E-state index in [1.54, 1.807) is 0 Å². The van der Waals surface area contributed by atoms with Crippen molar-refractivity contribution in [3.8, 4) is 11.8 Å². The Balaban J connectivity index is 2.22. The molecular formula is C13H20N7O13P3. The van der Waals surface area contributed by atoms with Gasteiger partial charge in [0.25, 0.3) is 0 Å². The molecule has 1 aliphatic rings. The highest BCUT2D eigenvalue weighted by molar-refractivity contribution is 7.66. The van der Waals surface area contributed by atoms with E-state index in [1.807, 2.05) is 0 Å². The maximum Gasteiger partial charge on any atom is 0.490 e. The van der Waals surface area contributed by atoms with Crippen molar-refractivity contribution in [2.75, 3.05) is 25.6 Å². The van der Waals surface area contributed by atoms with E-state index in [-0.39, 0.29) is 24.3 Å². The molecule has 0 radical (unpaired) electrons. The first-order valence-corrected chi connectivity index (χ1v) is 13.8. The molecule has 0 spiro atoms. The Morgan fingerprint density at radius 2 is 1.97 bits per heavy atom. The molecular weight excluding hydrogens is 555 g/mol. The third-order valence-corrected chi connectivity index (χ3v) is 7.83. The Kier molecular flexibility index (Phi) is 10.3. The fourth-order valence-electron chi connectivity index (χ4n) is 2.75. The van der Waals surface area contributed by atoms with Gasteiger partial charge in [0.1, 0.15) is 24.9 Å². The number of anilines is 1. The summed E-state index contributed by atoms with van der Waals surface area (Å²) in [6.07, 6.45) is -2.30. The number of nitrogen functional groups attached to an aromatic ring is 1. The van der Waals surface area contributed by atoms with E-state index in [2.05, 4.69) is 40.0 Å². The predicted molar refractivity (Wildman–Crippen MR) is 116 cm³/mol. The molecule has 23 heteroatoms. The smallest absolute Gasteiger partial charge is 0.382 e. The summed E-state index contributed by atoms with van der Waals surface area (Å²) in [6, 6.07) is 0. The quantitative estimate of drug-likeness (QED) is 0.0632. The van der Waals surface area contributed by atoms with Crippen LogP contribution in [0, 0.1) is 11.8 Å². The van der Waals surface area contributed by atoms with Crippen LogP contribution in [0.4, 0.5) is 5.82 Å². The van der Waals surface area contributed by atoms with Crippen molar-refractivity contribution < 1.29 is 55.9 Å². The van der Waals surface area contributed by atoms with Crippen molar-refractivity contribution in [1.82, 2.24) is 9.55 Å². The van der Waals surface area contributed by atoms with E-state index < -0.39 is 60.9 Å². The van der Waals surface area contributed by atoms with Crippen molar-refractivity contribution in [3.63, 3.8) is 0 Å². The monoisotopic (exact) mass is 575 g/mol. The molecule has 5 atom stereocenters. The van der Waals surface area contributed by atoms with Gasteiger partial charge in [-0.25, -0.2) is 18.5 Å². The van der Waals surface area contributed by atoms with E-state index in [4.69, 9.17) is 36.3 Å². The summed E-state index contributed by atoms with van der Waals surface area (Å²) >= 11 is 0. The number of aromatic nitrogens is 2. The van der Waals surface area contributed by atoms with Crippen LogP contribution in [0.3, 0.4) is 0 Å². The number of nitrogens with two attached hydrogens (primary N) is 2. The molecule has 20 nitrogen and oxygen atoms in total. The lowest BCUT2D eigenvalue weighted by Gasteiger charge is -2.21. The number of nitrogens with zero attached hydrogens (tertiary/aromatic N) is 5. The van der Waals surface area contributed by atoms with Gasteiger partial charge < -0.3 is 40.5 Å². The van der Waals surface area contributed by atoms with Gasteiger partial charge in [0.15, 0.2) is 0 Å². The average Bonchev–Trinajstić information content (AvgIpc) is 3.12. The second kappa shape index (κ2) is 12.4. The Bertz CT molecular complexity index is 1270. The van der Waals surface area contributed by atoms with Gasteiger partial charge in [0.2, 0.25) is 0 Å². The summed E-state index contributed by atoms with van der Waals surface area (Å²) in [6.45, 7) is -1.39. The number of hydrogen-bond acceptors (Lipinski definition) is 13. The molecule has 2 rings (SSSR count). The lowest BCUT2D eigenvalue weighted by molar-refractivity contribution is -0.0601. The first-order chi connectivity index (χ1) is 16.7. The minimum absolute atomic E-state index is 0.00348. The molecule has 1 aromatic heterocycles. The van der Waals surface area contributed by atoms with Crippen molar-refractivity contribution in [1.29, 1.82) is 0 Å². The standard InChI is InChI=1S/C13H20N7O13P3/c14-3-1-2-8-5-20(13(21)18-12(8)15)11-4-9(29-7-17-19-16)10(31-11)6-30-35(25,26)33-36(27,28)32-34(22,23)24/h5,9-11H,3-4,6-7,14H2,(H,25,26)(H,27,28)(H2,15,18,21)(H2,22,23,24). The number of rotatable bonds is 11. The van der Waals surface area contributed by atoms with Crippen molar-refractivity contribution in [2.24, 2.45) is 10.8 Å². The first kappa shape index (κ1) is 30.1. The Labute approximate surface area is 201 Å². The molecule has 0 aliphatic carbocycles. The molecule has 0 aromatic carbocycles. The molecule has 200 valence electrons. The zero-order chi connectivity index (χ0) is 27.1. The summed E-state index contributed by atoms with van der Waals surface area (Å²) in [7, 11) is -16.8. The number of phosphoric acid groups is 3. The molecule has 1 aromatic rings. The van der Waals surface area contributed by atoms with Gasteiger partial charge in [-0.3, -0.25) is 9.09 Å². The molecule has 1 saturated heterocycles. The van der Waals surface area contributed by atoms with Crippen LogP contribution in [0.2, 0.25) is 0 Å². The molecule has 8 N–H and O–H groups in total. The van der Waals surface area contributed by atoms with Crippen LogP contribution in [0.5, 0.6) is 0 Å². The number of phosphoric ester groups is 1. The summed E-state index contributed by atoms with van der Waals surface area (Å²) in [5.74, 6) is 4.99. The van der Waals surface area contributed by atoms with Crippen LogP contribution >= 0.6 is 23.5 Å².